The summed E-state index contributed by atoms with van der Waals surface area (Å²) >= 11 is 0. The smallest absolute Gasteiger partial charge is 0.302 e. The molecule has 0 atom stereocenters. The Bertz CT molecular complexity index is 654. The average molecular weight is 302 g/mol. The Balaban J connectivity index is 4.09. The fraction of sp³-hybridized carbons (Fsp3) is 0. The van der Waals surface area contributed by atoms with Gasteiger partial charge in [0.15, 0.2) is 27.0 Å². The molecule has 0 bridgehead atoms. The van der Waals surface area contributed by atoms with Gasteiger partial charge in [0.1, 0.15) is 0 Å². The quantitative estimate of drug-likeness (QED) is 0.224. The molecule has 10 nitrogen and oxygen atoms in total. The number of rotatable bonds is 2. The highest BCUT2D eigenvalue weighted by Gasteiger charge is 2.35. The first-order chi connectivity index (χ1) is 7.89. The van der Waals surface area contributed by atoms with Crippen LogP contribution in [0.5, 0.6) is 23.0 Å². The van der Waals surface area contributed by atoms with E-state index < -0.39 is 53.0 Å². The summed E-state index contributed by atoms with van der Waals surface area (Å²) in [6, 6.07) is 0. The van der Waals surface area contributed by atoms with Gasteiger partial charge in [-0.05, 0) is 0 Å². The van der Waals surface area contributed by atoms with E-state index in [1.54, 1.807) is 0 Å². The van der Waals surface area contributed by atoms with E-state index in [1.165, 1.54) is 0 Å². The number of hydrogen-bond acceptors (Lipinski definition) is 8. The first kappa shape index (κ1) is 14.3. The van der Waals surface area contributed by atoms with Gasteiger partial charge in [0.2, 0.25) is 5.75 Å². The molecule has 0 amide bonds. The first-order valence-electron chi connectivity index (χ1n) is 3.83. The fourth-order valence-electron chi connectivity index (χ4n) is 1.14. The van der Waals surface area contributed by atoms with Crippen LogP contribution in [0, 0.1) is 0 Å². The Hall–Kier alpha value is -1.76. The molecule has 0 aliphatic rings. The van der Waals surface area contributed by atoms with E-state index in [-0.39, 0.29) is 0 Å². The van der Waals surface area contributed by atoms with Crippen LogP contribution in [0.3, 0.4) is 0 Å². The van der Waals surface area contributed by atoms with Crippen molar-refractivity contribution >= 4 is 20.2 Å². The zero-order valence-corrected chi connectivity index (χ0v) is 9.77. The monoisotopic (exact) mass is 302 g/mol. The summed E-state index contributed by atoms with van der Waals surface area (Å²) in [6.45, 7) is 0. The lowest BCUT2D eigenvalue weighted by Crippen LogP contribution is -2.05. The van der Waals surface area contributed by atoms with Crippen molar-refractivity contribution in [3.05, 3.63) is 0 Å². The van der Waals surface area contributed by atoms with Crippen LogP contribution >= 0.6 is 0 Å². The second-order valence-electron chi connectivity index (χ2n) is 3.00. The molecule has 6 N–H and O–H groups in total. The van der Waals surface area contributed by atoms with E-state index in [0.717, 1.165) is 0 Å². The zero-order chi connectivity index (χ0) is 14.5. The molecule has 0 unspecified atom stereocenters. The maximum atomic E-state index is 10.8. The molecule has 12 heteroatoms. The van der Waals surface area contributed by atoms with Gasteiger partial charge in [0, 0.05) is 0 Å². The predicted octanol–water partition coefficient (Wildman–Crippen LogP) is -0.998. The standard InChI is InChI=1S/C6H6O10S2/c7-1-2(8)5(17(11,12)13)4(10)6(3(1)9)18(14,15)16/h7-10H,(H,11,12,13)(H,14,15,16). The summed E-state index contributed by atoms with van der Waals surface area (Å²) in [6.07, 6.45) is 0. The molecule has 0 aliphatic heterocycles. The maximum absolute atomic E-state index is 10.8. The number of benzene rings is 1. The van der Waals surface area contributed by atoms with Crippen LogP contribution in [0.2, 0.25) is 0 Å². The highest BCUT2D eigenvalue weighted by atomic mass is 32.2. The van der Waals surface area contributed by atoms with Crippen molar-refractivity contribution in [1.82, 2.24) is 0 Å². The molecule has 0 fully saturated rings. The highest BCUT2D eigenvalue weighted by Crippen LogP contribution is 2.50. The third-order valence-electron chi connectivity index (χ3n) is 1.82. The minimum atomic E-state index is -5.33. The minimum absolute atomic E-state index is 1.66. The largest absolute Gasteiger partial charge is 0.505 e. The van der Waals surface area contributed by atoms with Gasteiger partial charge < -0.3 is 20.4 Å². The molecular formula is C6H6O10S2. The van der Waals surface area contributed by atoms with Gasteiger partial charge in [-0.1, -0.05) is 0 Å². The Morgan fingerprint density at radius 3 is 1.06 bits per heavy atom. The number of phenols is 4. The van der Waals surface area contributed by atoms with Crippen molar-refractivity contribution in [2.24, 2.45) is 0 Å². The molecule has 0 saturated carbocycles. The van der Waals surface area contributed by atoms with Gasteiger partial charge in [-0.2, -0.15) is 16.8 Å². The van der Waals surface area contributed by atoms with Gasteiger partial charge in [-0.3, -0.25) is 9.11 Å². The van der Waals surface area contributed by atoms with Crippen molar-refractivity contribution in [3.63, 3.8) is 0 Å². The molecule has 1 aromatic carbocycles. The Morgan fingerprint density at radius 1 is 0.556 bits per heavy atom. The van der Waals surface area contributed by atoms with Crippen LogP contribution in [0.25, 0.3) is 0 Å². The molecule has 0 saturated heterocycles. The molecular weight excluding hydrogens is 296 g/mol. The summed E-state index contributed by atoms with van der Waals surface area (Å²) in [5.74, 6) is -6.86. The normalized spacial score (nSPS) is 12.6. The van der Waals surface area contributed by atoms with E-state index >= 15 is 0 Å². The third kappa shape index (κ3) is 2.13. The van der Waals surface area contributed by atoms with Crippen molar-refractivity contribution in [1.29, 1.82) is 0 Å². The molecule has 18 heavy (non-hydrogen) atoms. The fourth-order valence-corrected chi connectivity index (χ4v) is 2.58. The second-order valence-corrected chi connectivity index (χ2v) is 5.72. The van der Waals surface area contributed by atoms with Crippen LogP contribution in [-0.4, -0.2) is 46.4 Å². The molecule has 1 aromatic rings. The van der Waals surface area contributed by atoms with Gasteiger partial charge in [0.25, 0.3) is 0 Å². The van der Waals surface area contributed by atoms with Crippen LogP contribution in [0.15, 0.2) is 9.79 Å². The molecule has 0 aromatic heterocycles. The molecule has 0 aliphatic carbocycles. The Morgan fingerprint density at radius 2 is 0.833 bits per heavy atom. The summed E-state index contributed by atoms with van der Waals surface area (Å²) < 4.78 is 60.4. The Labute approximate surface area is 99.9 Å². The highest BCUT2D eigenvalue weighted by molar-refractivity contribution is 7.87. The minimum Gasteiger partial charge on any atom is -0.505 e. The second kappa shape index (κ2) is 3.88. The van der Waals surface area contributed by atoms with Crippen LogP contribution in [0.1, 0.15) is 0 Å². The Kier molecular flexibility index (Phi) is 3.08. The molecule has 0 heterocycles. The SMILES string of the molecule is O=S(=O)(O)c1c(O)c(O)c(O)c(S(=O)(=O)O)c1O. The molecule has 0 radical (unpaired) electrons. The predicted molar refractivity (Wildman–Crippen MR) is 52.7 cm³/mol. The van der Waals surface area contributed by atoms with Gasteiger partial charge in [0.05, 0.1) is 0 Å². The van der Waals surface area contributed by atoms with Crippen LogP contribution < -0.4 is 0 Å². The van der Waals surface area contributed by atoms with Crippen molar-refractivity contribution in [2.45, 2.75) is 9.79 Å². The lowest BCUT2D eigenvalue weighted by atomic mass is 10.2. The van der Waals surface area contributed by atoms with Gasteiger partial charge >= 0.3 is 20.2 Å². The summed E-state index contributed by atoms with van der Waals surface area (Å²) in [5, 5.41) is 36.5. The first-order valence-corrected chi connectivity index (χ1v) is 6.71. The number of hydrogen-bond donors (Lipinski definition) is 6. The summed E-state index contributed by atoms with van der Waals surface area (Å²) in [7, 11) is -10.7. The third-order valence-corrected chi connectivity index (χ3v) is 3.63. The van der Waals surface area contributed by atoms with E-state index in [2.05, 4.69) is 0 Å². The van der Waals surface area contributed by atoms with Gasteiger partial charge in [-0.15, -0.1) is 0 Å². The zero-order valence-electron chi connectivity index (χ0n) is 8.13. The van der Waals surface area contributed by atoms with Crippen molar-refractivity contribution < 1.29 is 46.4 Å². The molecule has 102 valence electrons. The van der Waals surface area contributed by atoms with E-state index in [0.29, 0.717) is 0 Å². The lowest BCUT2D eigenvalue weighted by molar-refractivity contribution is 0.331. The van der Waals surface area contributed by atoms with Crippen LogP contribution in [-0.2, 0) is 20.2 Å². The molecule has 0 spiro atoms. The van der Waals surface area contributed by atoms with Crippen molar-refractivity contribution in [2.75, 3.05) is 0 Å². The maximum Gasteiger partial charge on any atom is 0.302 e. The summed E-state index contributed by atoms with van der Waals surface area (Å²) in [4.78, 5) is -3.55. The topological polar surface area (TPSA) is 190 Å². The number of aromatic hydroxyl groups is 4. The van der Waals surface area contributed by atoms with Crippen LogP contribution in [0.4, 0.5) is 0 Å². The lowest BCUT2D eigenvalue weighted by Gasteiger charge is -2.11. The summed E-state index contributed by atoms with van der Waals surface area (Å²) in [5.41, 5.74) is 0. The van der Waals surface area contributed by atoms with Gasteiger partial charge in [-0.25, -0.2) is 0 Å². The van der Waals surface area contributed by atoms with E-state index in [4.69, 9.17) is 24.4 Å². The average Bonchev–Trinajstić information content (AvgIpc) is 2.09. The molecule has 1 rings (SSSR count). The van der Waals surface area contributed by atoms with Crippen molar-refractivity contribution in [3.8, 4) is 23.0 Å². The number of phenolic OH excluding ortho intramolecular Hbond substituents is 4. The van der Waals surface area contributed by atoms with E-state index in [9.17, 15) is 21.9 Å². The van der Waals surface area contributed by atoms with E-state index in [1.807, 2.05) is 0 Å².